The molecule has 0 bridgehead atoms. The van der Waals surface area contributed by atoms with Gasteiger partial charge in [-0.1, -0.05) is 119 Å². The number of unbranched alkanes of at least 4 members (excludes halogenated alkanes) is 8. The molecule has 73 heavy (non-hydrogen) atoms. The van der Waals surface area contributed by atoms with Gasteiger partial charge in [0.2, 0.25) is 5.69 Å². The van der Waals surface area contributed by atoms with Crippen molar-refractivity contribution in [2.75, 3.05) is 59.6 Å². The number of methoxy groups -OCH3 is 4. The topological polar surface area (TPSA) is 56.3 Å². The first-order chi connectivity index (χ1) is 35.1. The molecule has 0 saturated carbocycles. The zero-order valence-electron chi connectivity index (χ0n) is 48.0. The first-order valence-electron chi connectivity index (χ1n) is 28.4. The summed E-state index contributed by atoms with van der Waals surface area (Å²) in [5.41, 5.74) is 10.6. The molecule has 6 rings (SSSR count). The quantitative estimate of drug-likeness (QED) is 0.0490. The number of fused-ring (bicyclic) bond motifs is 2. The van der Waals surface area contributed by atoms with Crippen LogP contribution in [0.2, 0.25) is 0 Å². The van der Waals surface area contributed by atoms with E-state index in [9.17, 15) is 0 Å². The molecular weight excluding hydrogens is 903 g/mol. The van der Waals surface area contributed by atoms with Crippen molar-refractivity contribution < 1.29 is 32.8 Å². The lowest BCUT2D eigenvalue weighted by Crippen LogP contribution is -2.37. The molecule has 2 atom stereocenters. The first-order valence-corrected chi connectivity index (χ1v) is 28.4. The molecule has 0 fully saturated rings. The highest BCUT2D eigenvalue weighted by atomic mass is 16.5. The molecule has 3 aromatic rings. The van der Waals surface area contributed by atoms with E-state index in [1.54, 1.807) is 28.4 Å². The van der Waals surface area contributed by atoms with Crippen LogP contribution in [-0.2, 0) is 31.6 Å². The van der Waals surface area contributed by atoms with Gasteiger partial charge in [0, 0.05) is 97.3 Å². The van der Waals surface area contributed by atoms with Crippen LogP contribution in [-0.4, -0.2) is 65.0 Å². The van der Waals surface area contributed by atoms with Gasteiger partial charge in [-0.25, -0.2) is 4.57 Å². The van der Waals surface area contributed by atoms with Crippen LogP contribution in [0.1, 0.15) is 188 Å². The highest BCUT2D eigenvalue weighted by Gasteiger charge is 2.45. The van der Waals surface area contributed by atoms with E-state index in [4.69, 9.17) is 23.7 Å². The van der Waals surface area contributed by atoms with Crippen molar-refractivity contribution in [3.63, 3.8) is 0 Å². The van der Waals surface area contributed by atoms with Crippen LogP contribution < -0.4 is 18.9 Å². The molecular formula is C65H97N3O5+2. The van der Waals surface area contributed by atoms with Gasteiger partial charge >= 0.3 is 0 Å². The number of allylic oxidation sites excluding steroid dienone is 7. The number of ether oxygens (including phenoxy) is 5. The van der Waals surface area contributed by atoms with E-state index in [2.05, 4.69) is 162 Å². The van der Waals surface area contributed by atoms with Crippen molar-refractivity contribution in [2.45, 2.75) is 189 Å². The molecule has 2 unspecified atom stereocenters. The number of hydrogen-bond donors (Lipinski definition) is 0. The maximum atomic E-state index is 7.63. The van der Waals surface area contributed by atoms with Gasteiger partial charge < -0.3 is 28.6 Å². The largest absolute Gasteiger partial charge is 0.497 e. The molecule has 0 saturated heterocycles. The first kappa shape index (κ1) is 57.6. The molecule has 2 aliphatic heterocycles. The predicted molar refractivity (Wildman–Crippen MR) is 304 cm³/mol. The minimum atomic E-state index is -0.245. The summed E-state index contributed by atoms with van der Waals surface area (Å²) < 4.78 is 35.2. The Morgan fingerprint density at radius 1 is 0.671 bits per heavy atom. The van der Waals surface area contributed by atoms with Crippen LogP contribution in [0, 0.1) is 11.3 Å². The summed E-state index contributed by atoms with van der Waals surface area (Å²) >= 11 is 0. The second-order valence-electron chi connectivity index (χ2n) is 23.3. The summed E-state index contributed by atoms with van der Waals surface area (Å²) in [6, 6.07) is 17.7. The van der Waals surface area contributed by atoms with Gasteiger partial charge in [-0.2, -0.15) is 4.58 Å². The monoisotopic (exact) mass is 1000 g/mol. The lowest BCUT2D eigenvalue weighted by molar-refractivity contribution is -0.703. The smallest absolute Gasteiger partial charge is 0.210 e. The molecule has 0 amide bonds. The zero-order chi connectivity index (χ0) is 52.6. The predicted octanol–water partition coefficient (Wildman–Crippen LogP) is 15.8. The number of nitrogens with zero attached hydrogens (tertiary/aromatic N) is 3. The van der Waals surface area contributed by atoms with E-state index in [1.165, 1.54) is 128 Å². The van der Waals surface area contributed by atoms with Crippen molar-refractivity contribution in [2.24, 2.45) is 11.3 Å². The van der Waals surface area contributed by atoms with E-state index in [1.807, 2.05) is 0 Å². The second-order valence-corrected chi connectivity index (χ2v) is 23.3. The summed E-state index contributed by atoms with van der Waals surface area (Å²) in [6.45, 7) is 25.2. The molecule has 1 aromatic heterocycles. The molecule has 8 heteroatoms. The standard InChI is InChI=1S/C65H97N3O5/c1-14-16-18-20-21-23-27-49(26-22-19-17-15-2)48-66-42-38-52(39-43-66)62(63(3,4)5)73-61-50(30-36-59-64(6,7)55-46-53(71-12)32-34-57(55)67(59)40-24-44-69-10)28-29-51(61)31-37-60-65(8,9)56-47-54(72-13)33-35-58(56)68(60)41-25-45-70-11/h30-39,42-43,46-47,49,62H,14-29,40-41,44-45,48H2,1-13H3/q+2. The number of pyridine rings is 1. The van der Waals surface area contributed by atoms with E-state index >= 15 is 0 Å². The van der Waals surface area contributed by atoms with Crippen molar-refractivity contribution in [1.29, 1.82) is 0 Å². The zero-order valence-corrected chi connectivity index (χ0v) is 48.0. The minimum Gasteiger partial charge on any atom is -0.497 e. The molecule has 1 aliphatic carbocycles. The average molecular weight is 1000 g/mol. The van der Waals surface area contributed by atoms with Crippen LogP contribution in [0.15, 0.2) is 108 Å². The van der Waals surface area contributed by atoms with Crippen LogP contribution in [0.25, 0.3) is 0 Å². The summed E-state index contributed by atoms with van der Waals surface area (Å²) in [6.07, 6.45) is 33.7. The molecule has 3 aliphatic rings. The Morgan fingerprint density at radius 3 is 1.93 bits per heavy atom. The molecule has 8 nitrogen and oxygen atoms in total. The number of rotatable bonds is 30. The SMILES string of the molecule is CCCCCCCCC(CCCCCC)C[n+]1ccc(C(OC2=C(/C=C/C3=[N+](CCCOC)c4ccc(OC)cc4C3(C)C)CC/C2=C\C=C2\N(CCCOC)c3ccc(OC)cc3C2(C)C)C(C)(C)C)cc1. The third-order valence-corrected chi connectivity index (χ3v) is 15.9. The Bertz CT molecular complexity index is 2400. The summed E-state index contributed by atoms with van der Waals surface area (Å²) in [5, 5.41) is 0. The van der Waals surface area contributed by atoms with Crippen molar-refractivity contribution >= 4 is 17.1 Å². The highest BCUT2D eigenvalue weighted by Crippen LogP contribution is 2.50. The van der Waals surface area contributed by atoms with Crippen LogP contribution >= 0.6 is 0 Å². The number of benzene rings is 2. The second kappa shape index (κ2) is 27.2. The van der Waals surface area contributed by atoms with Crippen molar-refractivity contribution in [3.8, 4) is 11.5 Å². The fraction of sp³-hybridized carbons (Fsp3) is 0.600. The van der Waals surface area contributed by atoms with E-state index in [0.717, 1.165) is 62.6 Å². The molecule has 3 heterocycles. The molecule has 0 radical (unpaired) electrons. The molecule has 0 N–H and O–H groups in total. The lowest BCUT2D eigenvalue weighted by Gasteiger charge is -2.32. The van der Waals surface area contributed by atoms with Gasteiger partial charge in [0.25, 0.3) is 0 Å². The fourth-order valence-electron chi connectivity index (χ4n) is 11.6. The van der Waals surface area contributed by atoms with Gasteiger partial charge in [0.1, 0.15) is 23.4 Å². The highest BCUT2D eigenvalue weighted by molar-refractivity contribution is 6.03. The number of aromatic nitrogens is 1. The van der Waals surface area contributed by atoms with Gasteiger partial charge in [-0.05, 0) is 105 Å². The van der Waals surface area contributed by atoms with Gasteiger partial charge in [-0.3, -0.25) is 0 Å². The molecule has 2 aromatic carbocycles. The maximum Gasteiger partial charge on any atom is 0.210 e. The van der Waals surface area contributed by atoms with E-state index in [0.29, 0.717) is 19.1 Å². The normalized spacial score (nSPS) is 18.1. The average Bonchev–Trinajstić information content (AvgIpc) is 3.93. The Kier molecular flexibility index (Phi) is 21.5. The van der Waals surface area contributed by atoms with Crippen molar-refractivity contribution in [3.05, 3.63) is 125 Å². The lowest BCUT2D eigenvalue weighted by atomic mass is 9.81. The summed E-state index contributed by atoms with van der Waals surface area (Å²) in [5.74, 6) is 3.47. The number of hydrogen-bond acceptors (Lipinski definition) is 6. The Balaban J connectivity index is 1.40. The summed E-state index contributed by atoms with van der Waals surface area (Å²) in [4.78, 5) is 2.50. The van der Waals surface area contributed by atoms with Crippen LogP contribution in [0.4, 0.5) is 11.4 Å². The number of anilines is 1. The third-order valence-electron chi connectivity index (χ3n) is 15.9. The minimum absolute atomic E-state index is 0.175. The fourth-order valence-corrected chi connectivity index (χ4v) is 11.6. The van der Waals surface area contributed by atoms with E-state index in [-0.39, 0.29) is 22.3 Å². The third kappa shape index (κ3) is 14.6. The Morgan fingerprint density at radius 2 is 1.29 bits per heavy atom. The Hall–Kier alpha value is -4.66. The van der Waals surface area contributed by atoms with Crippen LogP contribution in [0.3, 0.4) is 0 Å². The van der Waals surface area contributed by atoms with E-state index < -0.39 is 0 Å². The van der Waals surface area contributed by atoms with Gasteiger partial charge in [0.15, 0.2) is 31.2 Å². The van der Waals surface area contributed by atoms with Crippen LogP contribution in [0.5, 0.6) is 11.5 Å². The van der Waals surface area contributed by atoms with Gasteiger partial charge in [0.05, 0.1) is 26.2 Å². The maximum absolute atomic E-state index is 7.63. The van der Waals surface area contributed by atoms with Gasteiger partial charge in [-0.15, -0.1) is 0 Å². The summed E-state index contributed by atoms with van der Waals surface area (Å²) in [7, 11) is 7.09. The van der Waals surface area contributed by atoms with Crippen molar-refractivity contribution in [1.82, 2.24) is 0 Å². The Labute approximate surface area is 443 Å². The molecule has 0 spiro atoms. The molecule has 400 valence electrons.